The van der Waals surface area contributed by atoms with Crippen molar-refractivity contribution in [2.75, 3.05) is 0 Å². The van der Waals surface area contributed by atoms with Crippen LogP contribution in [0, 0.1) is 11.8 Å². The average Bonchev–Trinajstić information content (AvgIpc) is 2.26. The summed E-state index contributed by atoms with van der Waals surface area (Å²) in [7, 11) is 1.62. The van der Waals surface area contributed by atoms with Crippen LogP contribution < -0.4 is 4.74 Å². The minimum Gasteiger partial charge on any atom is -0.490 e. The van der Waals surface area contributed by atoms with Crippen LogP contribution in [0.1, 0.15) is 33.1 Å². The van der Waals surface area contributed by atoms with Crippen LogP contribution in [0.2, 0.25) is 0 Å². The number of halogens is 1. The molecule has 0 aromatic heterocycles. The zero-order valence-electron chi connectivity index (χ0n) is 11.2. The van der Waals surface area contributed by atoms with Gasteiger partial charge >= 0.3 is 0 Å². The molecule has 1 aromatic carbocycles. The van der Waals surface area contributed by atoms with Crippen LogP contribution in [0.5, 0.6) is 5.75 Å². The number of ether oxygens (including phenoxy) is 1. The molecule has 0 heterocycles. The van der Waals surface area contributed by atoms with Gasteiger partial charge in [-0.3, -0.25) is 0 Å². The van der Waals surface area contributed by atoms with Crippen molar-refractivity contribution in [1.82, 2.24) is 0 Å². The molecule has 106 valence electrons. The Morgan fingerprint density at radius 1 is 1.05 bits per heavy atom. The van der Waals surface area contributed by atoms with Crippen molar-refractivity contribution in [2.45, 2.75) is 44.1 Å². The van der Waals surface area contributed by atoms with Crippen LogP contribution in [-0.4, -0.2) is 14.5 Å². The van der Waals surface area contributed by atoms with Crippen molar-refractivity contribution < 1.29 is 13.2 Å². The molecule has 0 bridgehead atoms. The Labute approximate surface area is 119 Å². The predicted molar refractivity (Wildman–Crippen MR) is 76.1 cm³/mol. The first kappa shape index (κ1) is 14.7. The molecule has 0 N–H and O–H groups in total. The van der Waals surface area contributed by atoms with Gasteiger partial charge in [0.15, 0.2) is 0 Å². The zero-order valence-corrected chi connectivity index (χ0v) is 12.7. The molecule has 0 amide bonds. The summed E-state index contributed by atoms with van der Waals surface area (Å²) in [6, 6.07) is 6.29. The molecular weight excluding hydrogens is 284 g/mol. The fourth-order valence-corrected chi connectivity index (χ4v) is 3.61. The van der Waals surface area contributed by atoms with Crippen LogP contribution in [0.15, 0.2) is 29.2 Å². The van der Waals surface area contributed by atoms with Gasteiger partial charge in [0.1, 0.15) is 5.75 Å². The van der Waals surface area contributed by atoms with E-state index in [-0.39, 0.29) is 11.0 Å². The molecule has 1 saturated carbocycles. The molecule has 1 aromatic rings. The van der Waals surface area contributed by atoms with Crippen molar-refractivity contribution >= 4 is 19.7 Å². The molecule has 0 saturated heterocycles. The van der Waals surface area contributed by atoms with Crippen molar-refractivity contribution in [3.05, 3.63) is 24.3 Å². The lowest BCUT2D eigenvalue weighted by molar-refractivity contribution is 0.101. The predicted octanol–water partition coefficient (Wildman–Crippen LogP) is 3.82. The highest BCUT2D eigenvalue weighted by molar-refractivity contribution is 8.13. The monoisotopic (exact) mass is 302 g/mol. The molecule has 2 rings (SSSR count). The van der Waals surface area contributed by atoms with E-state index in [9.17, 15) is 8.42 Å². The minimum atomic E-state index is -3.65. The van der Waals surface area contributed by atoms with Crippen molar-refractivity contribution in [2.24, 2.45) is 11.8 Å². The summed E-state index contributed by atoms with van der Waals surface area (Å²) in [5.74, 6) is 2.06. The summed E-state index contributed by atoms with van der Waals surface area (Å²) in [6.07, 6.45) is 3.58. The number of hydrogen-bond donors (Lipinski definition) is 0. The topological polar surface area (TPSA) is 43.4 Å². The van der Waals surface area contributed by atoms with E-state index >= 15 is 0 Å². The minimum absolute atomic E-state index is 0.104. The van der Waals surface area contributed by atoms with E-state index in [0.29, 0.717) is 17.6 Å². The van der Waals surface area contributed by atoms with E-state index in [1.807, 2.05) is 0 Å². The van der Waals surface area contributed by atoms with Gasteiger partial charge < -0.3 is 4.74 Å². The quantitative estimate of drug-likeness (QED) is 0.797. The van der Waals surface area contributed by atoms with Crippen LogP contribution in [0.25, 0.3) is 0 Å². The van der Waals surface area contributed by atoms with E-state index in [4.69, 9.17) is 15.4 Å². The molecule has 19 heavy (non-hydrogen) atoms. The first-order valence-electron chi connectivity index (χ1n) is 6.56. The first-order valence-corrected chi connectivity index (χ1v) is 8.87. The Bertz CT molecular complexity index is 514. The standard InChI is InChI=1S/C14H19ClO3S/c1-10-7-11(2)9-13(8-10)18-12-3-5-14(6-4-12)19(15,16)17/h3-6,10-11,13H,7-9H2,1-2H3. The number of benzene rings is 1. The molecule has 1 fully saturated rings. The van der Waals surface area contributed by atoms with E-state index in [1.165, 1.54) is 18.6 Å². The maximum absolute atomic E-state index is 11.1. The Morgan fingerprint density at radius 2 is 1.58 bits per heavy atom. The summed E-state index contributed by atoms with van der Waals surface area (Å²) in [4.78, 5) is 0.104. The van der Waals surface area contributed by atoms with E-state index < -0.39 is 9.05 Å². The third-order valence-corrected chi connectivity index (χ3v) is 4.91. The molecule has 0 spiro atoms. The van der Waals surface area contributed by atoms with Gasteiger partial charge in [-0.25, -0.2) is 8.42 Å². The summed E-state index contributed by atoms with van der Waals surface area (Å²) >= 11 is 0. The second-order valence-corrected chi connectivity index (χ2v) is 8.13. The molecule has 0 radical (unpaired) electrons. The fourth-order valence-electron chi connectivity index (χ4n) is 2.84. The highest BCUT2D eigenvalue weighted by Gasteiger charge is 2.25. The Balaban J connectivity index is 2.03. The van der Waals surface area contributed by atoms with E-state index in [1.54, 1.807) is 12.1 Å². The molecular formula is C14H19ClO3S. The summed E-state index contributed by atoms with van der Waals surface area (Å²) in [5, 5.41) is 0. The zero-order chi connectivity index (χ0) is 14.0. The van der Waals surface area contributed by atoms with Crippen molar-refractivity contribution in [3.63, 3.8) is 0 Å². The lowest BCUT2D eigenvalue weighted by atomic mass is 9.82. The second kappa shape index (κ2) is 5.71. The molecule has 0 aliphatic heterocycles. The van der Waals surface area contributed by atoms with Gasteiger partial charge in [-0.2, -0.15) is 0 Å². The molecule has 2 unspecified atom stereocenters. The Kier molecular flexibility index (Phi) is 4.41. The van der Waals surface area contributed by atoms with Crippen LogP contribution in [0.3, 0.4) is 0 Å². The Hall–Kier alpha value is -0.740. The third kappa shape index (κ3) is 4.11. The Morgan fingerprint density at radius 3 is 2.05 bits per heavy atom. The van der Waals surface area contributed by atoms with Crippen LogP contribution in [0.4, 0.5) is 0 Å². The van der Waals surface area contributed by atoms with Gasteiger partial charge in [0.05, 0.1) is 11.0 Å². The highest BCUT2D eigenvalue weighted by Crippen LogP contribution is 2.31. The van der Waals surface area contributed by atoms with Crippen LogP contribution >= 0.6 is 10.7 Å². The van der Waals surface area contributed by atoms with Crippen molar-refractivity contribution in [1.29, 1.82) is 0 Å². The highest BCUT2D eigenvalue weighted by atomic mass is 35.7. The smallest absolute Gasteiger partial charge is 0.261 e. The lowest BCUT2D eigenvalue weighted by Gasteiger charge is -2.31. The van der Waals surface area contributed by atoms with Gasteiger partial charge in [-0.05, 0) is 55.4 Å². The summed E-state index contributed by atoms with van der Waals surface area (Å²) < 4.78 is 28.2. The summed E-state index contributed by atoms with van der Waals surface area (Å²) in [5.41, 5.74) is 0. The normalized spacial score (nSPS) is 28.1. The summed E-state index contributed by atoms with van der Waals surface area (Å²) in [6.45, 7) is 4.49. The van der Waals surface area contributed by atoms with E-state index in [2.05, 4.69) is 13.8 Å². The van der Waals surface area contributed by atoms with Gasteiger partial charge in [0.2, 0.25) is 0 Å². The van der Waals surface area contributed by atoms with Gasteiger partial charge in [0, 0.05) is 10.7 Å². The van der Waals surface area contributed by atoms with Gasteiger partial charge in [-0.1, -0.05) is 13.8 Å². The third-order valence-electron chi connectivity index (χ3n) is 3.54. The average molecular weight is 303 g/mol. The molecule has 3 nitrogen and oxygen atoms in total. The van der Waals surface area contributed by atoms with E-state index in [0.717, 1.165) is 12.8 Å². The van der Waals surface area contributed by atoms with Crippen molar-refractivity contribution in [3.8, 4) is 5.75 Å². The molecule has 5 heteroatoms. The first-order chi connectivity index (χ1) is 8.84. The second-order valence-electron chi connectivity index (χ2n) is 5.57. The maximum atomic E-state index is 11.1. The van der Waals surface area contributed by atoms with Gasteiger partial charge in [0.25, 0.3) is 9.05 Å². The molecule has 2 atom stereocenters. The SMILES string of the molecule is CC1CC(C)CC(Oc2ccc(S(=O)(=O)Cl)cc2)C1. The lowest BCUT2D eigenvalue weighted by Crippen LogP contribution is -2.28. The largest absolute Gasteiger partial charge is 0.490 e. The molecule has 1 aliphatic carbocycles. The maximum Gasteiger partial charge on any atom is 0.261 e. The fraction of sp³-hybridized carbons (Fsp3) is 0.571. The number of rotatable bonds is 3. The number of hydrogen-bond acceptors (Lipinski definition) is 3. The molecule has 1 aliphatic rings. The van der Waals surface area contributed by atoms with Gasteiger partial charge in [-0.15, -0.1) is 0 Å². The van der Waals surface area contributed by atoms with Crippen LogP contribution in [-0.2, 0) is 9.05 Å².